The average molecular weight is 324 g/mol. The largest absolute Gasteiger partial charge is 0.394 e. The molecule has 0 aliphatic heterocycles. The van der Waals surface area contributed by atoms with Crippen molar-refractivity contribution in [2.24, 2.45) is 0 Å². The van der Waals surface area contributed by atoms with Gasteiger partial charge in [-0.15, -0.1) is 0 Å². The van der Waals surface area contributed by atoms with Crippen LogP contribution in [0.2, 0.25) is 0 Å². The smallest absolute Gasteiger partial charge is 0.126 e. The first-order valence-electron chi connectivity index (χ1n) is 5.99. The third kappa shape index (κ3) is 3.55. The maximum absolute atomic E-state index is 13.6. The van der Waals surface area contributed by atoms with E-state index in [9.17, 15) is 9.50 Å². The van der Waals surface area contributed by atoms with E-state index in [2.05, 4.69) is 21.2 Å². The molecule has 0 aliphatic carbocycles. The number of aryl methyl sites for hydroxylation is 1. The Morgan fingerprint density at radius 1 is 1.26 bits per heavy atom. The van der Waals surface area contributed by atoms with Crippen LogP contribution in [0.5, 0.6) is 0 Å². The molecule has 0 radical (unpaired) electrons. The van der Waals surface area contributed by atoms with Gasteiger partial charge in [-0.2, -0.15) is 0 Å². The molecule has 0 spiro atoms. The van der Waals surface area contributed by atoms with Crippen molar-refractivity contribution < 1.29 is 9.50 Å². The summed E-state index contributed by atoms with van der Waals surface area (Å²) in [7, 11) is 0. The molecule has 2 aromatic carbocycles. The van der Waals surface area contributed by atoms with Crippen molar-refractivity contribution in [2.75, 3.05) is 11.9 Å². The number of benzene rings is 2. The number of aliphatic hydroxyl groups is 1. The van der Waals surface area contributed by atoms with Crippen LogP contribution in [-0.4, -0.2) is 11.7 Å². The maximum atomic E-state index is 13.6. The summed E-state index contributed by atoms with van der Waals surface area (Å²) in [6.45, 7) is 1.61. The lowest BCUT2D eigenvalue weighted by Crippen LogP contribution is -2.15. The Morgan fingerprint density at radius 3 is 2.68 bits per heavy atom. The molecule has 0 aliphatic rings. The van der Waals surface area contributed by atoms with Crippen LogP contribution in [0.1, 0.15) is 17.2 Å². The van der Waals surface area contributed by atoms with Gasteiger partial charge in [0.2, 0.25) is 0 Å². The van der Waals surface area contributed by atoms with Gasteiger partial charge in [-0.25, -0.2) is 4.39 Å². The third-order valence-corrected chi connectivity index (χ3v) is 3.44. The summed E-state index contributed by atoms with van der Waals surface area (Å²) in [5.74, 6) is -0.257. The summed E-state index contributed by atoms with van der Waals surface area (Å²) in [5, 5.41) is 12.7. The van der Waals surface area contributed by atoms with Gasteiger partial charge >= 0.3 is 0 Å². The molecule has 2 rings (SSSR count). The Kier molecular flexibility index (Phi) is 4.56. The second-order valence-electron chi connectivity index (χ2n) is 4.40. The van der Waals surface area contributed by atoms with Crippen LogP contribution < -0.4 is 5.32 Å². The van der Waals surface area contributed by atoms with Crippen molar-refractivity contribution in [2.45, 2.75) is 13.0 Å². The molecule has 2 N–H and O–H groups in total. The molecule has 0 amide bonds. The first-order chi connectivity index (χ1) is 9.10. The van der Waals surface area contributed by atoms with Crippen LogP contribution in [0.25, 0.3) is 0 Å². The molecule has 2 aromatic rings. The minimum atomic E-state index is -0.329. The highest BCUT2D eigenvalue weighted by Gasteiger charge is 2.12. The quantitative estimate of drug-likeness (QED) is 0.889. The van der Waals surface area contributed by atoms with E-state index in [1.54, 1.807) is 13.0 Å². The fraction of sp³-hybridized carbons (Fsp3) is 0.200. The maximum Gasteiger partial charge on any atom is 0.126 e. The van der Waals surface area contributed by atoms with E-state index in [-0.39, 0.29) is 18.5 Å². The topological polar surface area (TPSA) is 32.3 Å². The lowest BCUT2D eigenvalue weighted by molar-refractivity contribution is 0.276. The van der Waals surface area contributed by atoms with Gasteiger partial charge in [0, 0.05) is 10.2 Å². The summed E-state index contributed by atoms with van der Waals surface area (Å²) in [6.07, 6.45) is 0. The molecule has 0 aromatic heterocycles. The summed E-state index contributed by atoms with van der Waals surface area (Å²) in [6, 6.07) is 12.3. The van der Waals surface area contributed by atoms with Crippen LogP contribution in [-0.2, 0) is 0 Å². The Labute approximate surface area is 120 Å². The molecule has 0 saturated carbocycles. The van der Waals surface area contributed by atoms with Crippen molar-refractivity contribution in [1.82, 2.24) is 0 Å². The first-order valence-corrected chi connectivity index (χ1v) is 6.78. The second-order valence-corrected chi connectivity index (χ2v) is 5.31. The fourth-order valence-corrected chi connectivity index (χ4v) is 2.24. The third-order valence-electron chi connectivity index (χ3n) is 2.95. The van der Waals surface area contributed by atoms with Gasteiger partial charge in [0.15, 0.2) is 0 Å². The highest BCUT2D eigenvalue weighted by atomic mass is 79.9. The number of nitrogens with one attached hydrogen (secondary N) is 1. The Morgan fingerprint density at radius 2 is 2.05 bits per heavy atom. The monoisotopic (exact) mass is 323 g/mol. The van der Waals surface area contributed by atoms with E-state index in [1.165, 1.54) is 6.07 Å². The van der Waals surface area contributed by atoms with Crippen LogP contribution in [0.15, 0.2) is 46.9 Å². The average Bonchev–Trinajstić information content (AvgIpc) is 2.39. The molecular weight excluding hydrogens is 309 g/mol. The van der Waals surface area contributed by atoms with Gasteiger partial charge in [-0.1, -0.05) is 34.1 Å². The van der Waals surface area contributed by atoms with Crippen molar-refractivity contribution in [3.63, 3.8) is 0 Å². The van der Waals surface area contributed by atoms with Gasteiger partial charge in [0.25, 0.3) is 0 Å². The SMILES string of the molecule is Cc1ccc(C(CO)Nc2cccc(Br)c2)cc1F. The van der Waals surface area contributed by atoms with Gasteiger partial charge < -0.3 is 10.4 Å². The Bertz CT molecular complexity index is 574. The number of anilines is 1. The summed E-state index contributed by atoms with van der Waals surface area (Å²) >= 11 is 3.39. The first kappa shape index (κ1) is 14.0. The van der Waals surface area contributed by atoms with Crippen LogP contribution in [0.4, 0.5) is 10.1 Å². The zero-order valence-electron chi connectivity index (χ0n) is 10.5. The van der Waals surface area contributed by atoms with Gasteiger partial charge in [0.05, 0.1) is 12.6 Å². The van der Waals surface area contributed by atoms with E-state index >= 15 is 0 Å². The number of aliphatic hydroxyl groups excluding tert-OH is 1. The second kappa shape index (κ2) is 6.17. The van der Waals surface area contributed by atoms with Crippen molar-refractivity contribution in [1.29, 1.82) is 0 Å². The zero-order chi connectivity index (χ0) is 13.8. The molecule has 19 heavy (non-hydrogen) atoms. The summed E-state index contributed by atoms with van der Waals surface area (Å²) < 4.78 is 14.5. The zero-order valence-corrected chi connectivity index (χ0v) is 12.1. The molecule has 4 heteroatoms. The predicted molar refractivity (Wildman–Crippen MR) is 78.7 cm³/mol. The minimum absolute atomic E-state index is 0.102. The molecule has 2 nitrogen and oxygen atoms in total. The number of rotatable bonds is 4. The normalized spacial score (nSPS) is 12.2. The van der Waals surface area contributed by atoms with E-state index in [1.807, 2.05) is 30.3 Å². The molecule has 1 atom stereocenters. The standard InChI is InChI=1S/C15H15BrFNO/c1-10-5-6-11(7-14(10)17)15(9-19)18-13-4-2-3-12(16)8-13/h2-8,15,18-19H,9H2,1H3. The fourth-order valence-electron chi connectivity index (χ4n) is 1.84. The predicted octanol–water partition coefficient (Wildman–Crippen LogP) is 4.04. The van der Waals surface area contributed by atoms with E-state index in [4.69, 9.17) is 0 Å². The summed E-state index contributed by atoms with van der Waals surface area (Å²) in [4.78, 5) is 0. The number of hydrogen-bond acceptors (Lipinski definition) is 2. The molecule has 0 heterocycles. The van der Waals surface area contributed by atoms with E-state index in [0.29, 0.717) is 5.56 Å². The van der Waals surface area contributed by atoms with Crippen LogP contribution in [0.3, 0.4) is 0 Å². The molecule has 100 valence electrons. The minimum Gasteiger partial charge on any atom is -0.394 e. The highest BCUT2D eigenvalue weighted by Crippen LogP contribution is 2.23. The molecular formula is C15H15BrFNO. The highest BCUT2D eigenvalue weighted by molar-refractivity contribution is 9.10. The number of halogens is 2. The van der Waals surface area contributed by atoms with Gasteiger partial charge in [-0.05, 0) is 42.3 Å². The van der Waals surface area contributed by atoms with Crippen molar-refractivity contribution in [3.05, 3.63) is 63.9 Å². The van der Waals surface area contributed by atoms with Crippen LogP contribution in [0, 0.1) is 12.7 Å². The number of hydrogen-bond donors (Lipinski definition) is 2. The van der Waals surface area contributed by atoms with E-state index < -0.39 is 0 Å². The Balaban J connectivity index is 2.22. The Hall–Kier alpha value is -1.39. The lowest BCUT2D eigenvalue weighted by atomic mass is 10.0. The van der Waals surface area contributed by atoms with Crippen molar-refractivity contribution >= 4 is 21.6 Å². The molecule has 0 saturated heterocycles. The van der Waals surface area contributed by atoms with Gasteiger partial charge in [-0.3, -0.25) is 0 Å². The van der Waals surface area contributed by atoms with Crippen LogP contribution >= 0.6 is 15.9 Å². The lowest BCUT2D eigenvalue weighted by Gasteiger charge is -2.18. The molecule has 0 fully saturated rings. The molecule has 0 bridgehead atoms. The molecule has 1 unspecified atom stereocenters. The summed E-state index contributed by atoms with van der Waals surface area (Å²) in [5.41, 5.74) is 2.20. The van der Waals surface area contributed by atoms with Gasteiger partial charge in [0.1, 0.15) is 5.82 Å². The van der Waals surface area contributed by atoms with E-state index in [0.717, 1.165) is 15.7 Å². The van der Waals surface area contributed by atoms with Crippen molar-refractivity contribution in [3.8, 4) is 0 Å².